The van der Waals surface area contributed by atoms with E-state index in [1.165, 1.54) is 6.07 Å². The number of carbonyl (C=O) groups excluding carboxylic acids is 1. The van der Waals surface area contributed by atoms with Crippen molar-refractivity contribution < 1.29 is 14.1 Å². The second-order valence-electron chi connectivity index (χ2n) is 5.73. The number of nitro benzene ring substituents is 1. The molecule has 24 heavy (non-hydrogen) atoms. The van der Waals surface area contributed by atoms with Gasteiger partial charge in [-0.05, 0) is 37.6 Å². The van der Waals surface area contributed by atoms with E-state index in [-0.39, 0.29) is 17.5 Å². The lowest BCUT2D eigenvalue weighted by Gasteiger charge is -2.22. The van der Waals surface area contributed by atoms with Gasteiger partial charge in [0.25, 0.3) is 5.91 Å². The Hall–Kier alpha value is -2.96. The van der Waals surface area contributed by atoms with E-state index in [1.54, 1.807) is 4.90 Å². The normalized spacial score (nSPS) is 16.8. The number of fused-ring (bicyclic) bond motifs is 1. The van der Waals surface area contributed by atoms with E-state index in [1.807, 2.05) is 31.2 Å². The molecule has 1 atom stereocenters. The Labute approximate surface area is 138 Å². The Bertz CT molecular complexity index is 809. The van der Waals surface area contributed by atoms with E-state index >= 15 is 0 Å². The van der Waals surface area contributed by atoms with Gasteiger partial charge in [0.15, 0.2) is 0 Å². The van der Waals surface area contributed by atoms with Crippen LogP contribution >= 0.6 is 0 Å². The molecular formula is C17H16FN3O3. The van der Waals surface area contributed by atoms with Crippen molar-refractivity contribution >= 4 is 23.0 Å². The van der Waals surface area contributed by atoms with Gasteiger partial charge in [0.1, 0.15) is 0 Å². The highest BCUT2D eigenvalue weighted by molar-refractivity contribution is 6.08. The molecule has 2 aromatic carbocycles. The maximum absolute atomic E-state index is 13.8. The second kappa shape index (κ2) is 6.27. The minimum atomic E-state index is -1.01. The first-order valence-electron chi connectivity index (χ1n) is 7.58. The number of halogens is 1. The minimum absolute atomic E-state index is 0.0856. The van der Waals surface area contributed by atoms with Crippen LogP contribution in [0.4, 0.5) is 21.5 Å². The van der Waals surface area contributed by atoms with Crippen LogP contribution in [0.5, 0.6) is 0 Å². The maximum Gasteiger partial charge on any atom is 0.304 e. The van der Waals surface area contributed by atoms with Crippen molar-refractivity contribution in [2.45, 2.75) is 19.4 Å². The van der Waals surface area contributed by atoms with Crippen molar-refractivity contribution in [1.82, 2.24) is 0 Å². The number of amides is 1. The highest BCUT2D eigenvalue weighted by Gasteiger charge is 2.25. The van der Waals surface area contributed by atoms with Crippen molar-refractivity contribution in [3.05, 3.63) is 64.0 Å². The Morgan fingerprint density at radius 3 is 2.79 bits per heavy atom. The molecule has 1 aliphatic heterocycles. The van der Waals surface area contributed by atoms with Crippen LogP contribution in [0.3, 0.4) is 0 Å². The zero-order valence-corrected chi connectivity index (χ0v) is 13.0. The Morgan fingerprint density at radius 1 is 1.33 bits per heavy atom. The van der Waals surface area contributed by atoms with Crippen LogP contribution < -0.4 is 10.2 Å². The summed E-state index contributed by atoms with van der Waals surface area (Å²) in [6, 6.07) is 10.8. The van der Waals surface area contributed by atoms with Crippen LogP contribution in [0.15, 0.2) is 42.5 Å². The fourth-order valence-corrected chi connectivity index (χ4v) is 2.77. The van der Waals surface area contributed by atoms with Gasteiger partial charge in [-0.15, -0.1) is 0 Å². The molecule has 1 N–H and O–H groups in total. The molecule has 1 heterocycles. The monoisotopic (exact) mass is 329 g/mol. The van der Waals surface area contributed by atoms with Crippen LogP contribution in [-0.4, -0.2) is 23.4 Å². The summed E-state index contributed by atoms with van der Waals surface area (Å²) in [6.07, 6.45) is 0.732. The zero-order valence-electron chi connectivity index (χ0n) is 13.0. The molecule has 1 amide bonds. The van der Waals surface area contributed by atoms with E-state index in [0.717, 1.165) is 24.2 Å². The number of para-hydroxylation sites is 2. The Kier molecular flexibility index (Phi) is 4.16. The average Bonchev–Trinajstić information content (AvgIpc) is 2.72. The predicted molar refractivity (Wildman–Crippen MR) is 88.9 cm³/mol. The van der Waals surface area contributed by atoms with Gasteiger partial charge in [-0.3, -0.25) is 14.9 Å². The Balaban J connectivity index is 1.98. The molecule has 6 nitrogen and oxygen atoms in total. The molecule has 0 saturated carbocycles. The quantitative estimate of drug-likeness (QED) is 0.675. The number of nitrogens with zero attached hydrogens (tertiary/aromatic N) is 2. The number of nitrogens with one attached hydrogen (secondary N) is 1. The maximum atomic E-state index is 13.8. The minimum Gasteiger partial charge on any atom is -0.381 e. The van der Waals surface area contributed by atoms with Gasteiger partial charge in [0, 0.05) is 24.2 Å². The van der Waals surface area contributed by atoms with Gasteiger partial charge in [0.05, 0.1) is 16.3 Å². The first-order valence-corrected chi connectivity index (χ1v) is 7.58. The third-order valence-corrected chi connectivity index (χ3v) is 4.02. The summed E-state index contributed by atoms with van der Waals surface area (Å²) in [5.41, 5.74) is 0.990. The standard InChI is InChI=1S/C17H16FN3O3/c1-11-8-9-20(16-5-3-2-4-14(16)19-11)17(22)12-6-7-15(21(23)24)13(18)10-12/h2-7,10-11,19H,8-9H2,1H3/t11-/m0/s1. The van der Waals surface area contributed by atoms with E-state index < -0.39 is 16.4 Å². The lowest BCUT2D eigenvalue weighted by molar-refractivity contribution is -0.387. The molecule has 0 saturated heterocycles. The van der Waals surface area contributed by atoms with E-state index in [9.17, 15) is 19.3 Å². The van der Waals surface area contributed by atoms with Crippen molar-refractivity contribution in [3.63, 3.8) is 0 Å². The molecule has 3 rings (SSSR count). The lowest BCUT2D eigenvalue weighted by atomic mass is 10.1. The van der Waals surface area contributed by atoms with Gasteiger partial charge in [-0.2, -0.15) is 4.39 Å². The Morgan fingerprint density at radius 2 is 2.08 bits per heavy atom. The summed E-state index contributed by atoms with van der Waals surface area (Å²) in [5.74, 6) is -1.40. The average molecular weight is 329 g/mol. The van der Waals surface area contributed by atoms with Crippen LogP contribution in [0.2, 0.25) is 0 Å². The number of hydrogen-bond acceptors (Lipinski definition) is 4. The van der Waals surface area contributed by atoms with Crippen molar-refractivity contribution in [2.75, 3.05) is 16.8 Å². The predicted octanol–water partition coefficient (Wildman–Crippen LogP) is 3.58. The summed E-state index contributed by atoms with van der Waals surface area (Å²) in [6.45, 7) is 2.50. The van der Waals surface area contributed by atoms with E-state index in [4.69, 9.17) is 0 Å². The van der Waals surface area contributed by atoms with Gasteiger partial charge in [-0.1, -0.05) is 12.1 Å². The van der Waals surface area contributed by atoms with Gasteiger partial charge in [-0.25, -0.2) is 0 Å². The molecule has 7 heteroatoms. The van der Waals surface area contributed by atoms with Gasteiger partial charge < -0.3 is 10.2 Å². The van der Waals surface area contributed by atoms with Crippen LogP contribution in [-0.2, 0) is 0 Å². The highest BCUT2D eigenvalue weighted by atomic mass is 19.1. The first kappa shape index (κ1) is 15.9. The molecule has 0 unspecified atom stereocenters. The van der Waals surface area contributed by atoms with Crippen molar-refractivity contribution in [3.8, 4) is 0 Å². The zero-order chi connectivity index (χ0) is 17.3. The number of hydrogen-bond donors (Lipinski definition) is 1. The lowest BCUT2D eigenvalue weighted by Crippen LogP contribution is -2.32. The fraction of sp³-hybridized carbons (Fsp3) is 0.235. The summed E-state index contributed by atoms with van der Waals surface area (Å²) < 4.78 is 13.8. The fourth-order valence-electron chi connectivity index (χ4n) is 2.77. The molecule has 1 aliphatic rings. The second-order valence-corrected chi connectivity index (χ2v) is 5.73. The number of carbonyl (C=O) groups is 1. The van der Waals surface area contributed by atoms with E-state index in [2.05, 4.69) is 5.32 Å². The van der Waals surface area contributed by atoms with Gasteiger partial charge >= 0.3 is 5.69 Å². The highest BCUT2D eigenvalue weighted by Crippen LogP contribution is 2.31. The van der Waals surface area contributed by atoms with Crippen molar-refractivity contribution in [2.24, 2.45) is 0 Å². The largest absolute Gasteiger partial charge is 0.381 e. The smallest absolute Gasteiger partial charge is 0.304 e. The first-order chi connectivity index (χ1) is 11.5. The molecule has 2 aromatic rings. The topological polar surface area (TPSA) is 75.5 Å². The summed E-state index contributed by atoms with van der Waals surface area (Å²) in [5, 5.41) is 14.0. The molecule has 0 bridgehead atoms. The number of rotatable bonds is 2. The number of benzene rings is 2. The number of nitro groups is 1. The van der Waals surface area contributed by atoms with Gasteiger partial charge in [0.2, 0.25) is 5.82 Å². The molecule has 0 radical (unpaired) electrons. The van der Waals surface area contributed by atoms with Crippen molar-refractivity contribution in [1.29, 1.82) is 0 Å². The van der Waals surface area contributed by atoms with Crippen LogP contribution in [0.25, 0.3) is 0 Å². The van der Waals surface area contributed by atoms with Crippen LogP contribution in [0.1, 0.15) is 23.7 Å². The van der Waals surface area contributed by atoms with Crippen LogP contribution in [0, 0.1) is 15.9 Å². The summed E-state index contributed by atoms with van der Waals surface area (Å²) in [4.78, 5) is 24.3. The third-order valence-electron chi connectivity index (χ3n) is 4.02. The molecule has 0 spiro atoms. The molecule has 124 valence electrons. The molecule has 0 aromatic heterocycles. The SMILES string of the molecule is C[C@H]1CCN(C(=O)c2ccc([N+](=O)[O-])c(F)c2)c2ccccc2N1. The number of anilines is 2. The summed E-state index contributed by atoms with van der Waals surface area (Å²) >= 11 is 0. The molecule has 0 aliphatic carbocycles. The molecule has 0 fully saturated rings. The molecular weight excluding hydrogens is 313 g/mol. The van der Waals surface area contributed by atoms with E-state index in [0.29, 0.717) is 12.2 Å². The summed E-state index contributed by atoms with van der Waals surface area (Å²) in [7, 11) is 0. The third kappa shape index (κ3) is 2.92.